The maximum absolute atomic E-state index is 5.26. The summed E-state index contributed by atoms with van der Waals surface area (Å²) in [4.78, 5) is 5.78. The topological polar surface area (TPSA) is 81.1 Å². The molecule has 6 nitrogen and oxygen atoms in total. The van der Waals surface area contributed by atoms with Crippen LogP contribution in [0.25, 0.3) is 0 Å². The van der Waals surface area contributed by atoms with Crippen LogP contribution in [0.1, 0.15) is 19.9 Å². The van der Waals surface area contributed by atoms with Crippen molar-refractivity contribution >= 4 is 30.2 Å². The molecular formula is C8H16N6S2. The molecule has 0 spiro atoms. The van der Waals surface area contributed by atoms with Crippen molar-refractivity contribution in [3.63, 3.8) is 0 Å². The number of nitrogens with two attached hydrogens (primary N) is 1. The molecule has 0 amide bonds. The molecule has 0 aliphatic heterocycles. The predicted molar refractivity (Wildman–Crippen MR) is 69.4 cm³/mol. The predicted octanol–water partition coefficient (Wildman–Crippen LogP) is 1.09. The van der Waals surface area contributed by atoms with Crippen LogP contribution in [-0.2, 0) is 0 Å². The highest BCUT2D eigenvalue weighted by Gasteiger charge is 2.02. The summed E-state index contributed by atoms with van der Waals surface area (Å²) in [6, 6.07) is 0.282. The molecule has 0 saturated carbocycles. The fourth-order valence-electron chi connectivity index (χ4n) is 0.851. The van der Waals surface area contributed by atoms with Crippen LogP contribution in [-0.4, -0.2) is 33.6 Å². The number of hydrogen-bond donors (Lipinski definition) is 2. The minimum atomic E-state index is 0.282. The summed E-state index contributed by atoms with van der Waals surface area (Å²) >= 11 is 2.67. The standard InChI is InChI=1S/C8H16N6S2/c1-7(2)14-11-5-8(13-14)16-12-6-10-3-4-15-9/h5-7H,3-4,9H2,1-2H3,(H,10,12). The molecule has 90 valence electrons. The van der Waals surface area contributed by atoms with E-state index in [0.717, 1.165) is 10.8 Å². The number of aromatic nitrogens is 3. The summed E-state index contributed by atoms with van der Waals surface area (Å²) < 4.78 is 2.97. The van der Waals surface area contributed by atoms with E-state index in [-0.39, 0.29) is 6.04 Å². The van der Waals surface area contributed by atoms with Gasteiger partial charge < -0.3 is 4.72 Å². The van der Waals surface area contributed by atoms with Crippen LogP contribution in [0.3, 0.4) is 0 Å². The van der Waals surface area contributed by atoms with Gasteiger partial charge in [0.2, 0.25) is 0 Å². The highest BCUT2D eigenvalue weighted by Crippen LogP contribution is 2.10. The average molecular weight is 260 g/mol. The molecule has 1 rings (SSSR count). The molecule has 8 heteroatoms. The minimum absolute atomic E-state index is 0.282. The molecule has 1 aromatic rings. The normalized spacial score (nSPS) is 11.5. The van der Waals surface area contributed by atoms with Crippen LogP contribution in [0.2, 0.25) is 0 Å². The smallest absolute Gasteiger partial charge is 0.159 e. The lowest BCUT2D eigenvalue weighted by Crippen LogP contribution is -2.05. The van der Waals surface area contributed by atoms with Crippen LogP contribution >= 0.6 is 23.9 Å². The van der Waals surface area contributed by atoms with E-state index < -0.39 is 0 Å². The molecule has 16 heavy (non-hydrogen) atoms. The molecule has 0 unspecified atom stereocenters. The molecule has 1 heterocycles. The van der Waals surface area contributed by atoms with E-state index in [1.165, 1.54) is 23.9 Å². The van der Waals surface area contributed by atoms with E-state index in [4.69, 9.17) is 5.14 Å². The zero-order valence-corrected chi connectivity index (χ0v) is 11.0. The third-order valence-electron chi connectivity index (χ3n) is 1.60. The first kappa shape index (κ1) is 13.3. The van der Waals surface area contributed by atoms with Crippen molar-refractivity contribution in [1.82, 2.24) is 19.7 Å². The summed E-state index contributed by atoms with van der Waals surface area (Å²) in [5, 5.41) is 14.5. The second-order valence-corrected chi connectivity index (χ2v) is 4.82. The van der Waals surface area contributed by atoms with Crippen molar-refractivity contribution < 1.29 is 0 Å². The Bertz CT molecular complexity index is 324. The summed E-state index contributed by atoms with van der Waals surface area (Å²) in [5.74, 6) is 0.826. The van der Waals surface area contributed by atoms with Gasteiger partial charge in [0, 0.05) is 17.7 Å². The second-order valence-electron chi connectivity index (χ2n) is 3.22. The fraction of sp³-hybridized carbons (Fsp3) is 0.625. The van der Waals surface area contributed by atoms with Gasteiger partial charge in [0.05, 0.1) is 25.1 Å². The largest absolute Gasteiger partial charge is 0.315 e. The molecule has 3 N–H and O–H groups in total. The Hall–Kier alpha value is -0.730. The van der Waals surface area contributed by atoms with Gasteiger partial charge in [-0.2, -0.15) is 9.90 Å². The van der Waals surface area contributed by atoms with Crippen molar-refractivity contribution in [3.05, 3.63) is 6.20 Å². The highest BCUT2D eigenvalue weighted by molar-refractivity contribution is 7.97. The monoisotopic (exact) mass is 260 g/mol. The average Bonchev–Trinajstić information content (AvgIpc) is 2.72. The zero-order chi connectivity index (χ0) is 11.8. The van der Waals surface area contributed by atoms with Gasteiger partial charge in [-0.1, -0.05) is 11.9 Å². The van der Waals surface area contributed by atoms with Gasteiger partial charge in [0.25, 0.3) is 0 Å². The first-order valence-corrected chi connectivity index (χ1v) is 6.74. The maximum Gasteiger partial charge on any atom is 0.159 e. The van der Waals surface area contributed by atoms with Crippen LogP contribution in [0.15, 0.2) is 16.2 Å². The van der Waals surface area contributed by atoms with Gasteiger partial charge in [-0.15, -0.1) is 5.10 Å². The van der Waals surface area contributed by atoms with Crippen molar-refractivity contribution in [1.29, 1.82) is 0 Å². The van der Waals surface area contributed by atoms with E-state index >= 15 is 0 Å². The Labute approximate surface area is 104 Å². The SMILES string of the molecule is CC(C)n1ncc(SNC=NCCSN)n1. The van der Waals surface area contributed by atoms with Crippen molar-refractivity contribution in [2.24, 2.45) is 10.1 Å². The Kier molecular flexibility index (Phi) is 6.27. The Balaban J connectivity index is 2.24. The Morgan fingerprint density at radius 1 is 1.69 bits per heavy atom. The molecule has 0 aromatic carbocycles. The summed E-state index contributed by atoms with van der Waals surface area (Å²) in [6.07, 6.45) is 3.37. The highest BCUT2D eigenvalue weighted by atomic mass is 32.2. The molecule has 0 atom stereocenters. The van der Waals surface area contributed by atoms with Crippen LogP contribution in [0.4, 0.5) is 0 Å². The van der Waals surface area contributed by atoms with E-state index in [9.17, 15) is 0 Å². The lowest BCUT2D eigenvalue weighted by molar-refractivity contribution is 0.460. The van der Waals surface area contributed by atoms with Gasteiger partial charge in [-0.3, -0.25) is 10.1 Å². The number of nitrogens with zero attached hydrogens (tertiary/aromatic N) is 4. The molecule has 0 saturated heterocycles. The van der Waals surface area contributed by atoms with Gasteiger partial charge in [0.1, 0.15) is 0 Å². The number of nitrogens with one attached hydrogen (secondary N) is 1. The maximum atomic E-state index is 5.26. The van der Waals surface area contributed by atoms with Crippen LogP contribution in [0, 0.1) is 0 Å². The Morgan fingerprint density at radius 3 is 3.12 bits per heavy atom. The first-order chi connectivity index (χ1) is 7.74. The lowest BCUT2D eigenvalue weighted by Gasteiger charge is -2.00. The molecular weight excluding hydrogens is 244 g/mol. The number of hydrogen-bond acceptors (Lipinski definition) is 6. The van der Waals surface area contributed by atoms with Gasteiger partial charge in [-0.05, 0) is 13.8 Å². The minimum Gasteiger partial charge on any atom is -0.315 e. The second kappa shape index (κ2) is 7.53. The third kappa shape index (κ3) is 4.86. The van der Waals surface area contributed by atoms with E-state index in [2.05, 4.69) is 19.9 Å². The quantitative estimate of drug-likeness (QED) is 0.330. The zero-order valence-electron chi connectivity index (χ0n) is 9.33. The van der Waals surface area contributed by atoms with Crippen LogP contribution < -0.4 is 9.86 Å². The van der Waals surface area contributed by atoms with E-state index in [1.54, 1.807) is 17.3 Å². The third-order valence-corrected chi connectivity index (χ3v) is 2.63. The van der Waals surface area contributed by atoms with Crippen molar-refractivity contribution in [3.8, 4) is 0 Å². The summed E-state index contributed by atoms with van der Waals surface area (Å²) in [7, 11) is 0. The van der Waals surface area contributed by atoms with Gasteiger partial charge in [-0.25, -0.2) is 0 Å². The van der Waals surface area contributed by atoms with E-state index in [1.807, 2.05) is 13.8 Å². The van der Waals surface area contributed by atoms with Crippen molar-refractivity contribution in [2.75, 3.05) is 12.3 Å². The number of rotatable bonds is 7. The molecule has 0 bridgehead atoms. The van der Waals surface area contributed by atoms with Gasteiger partial charge >= 0.3 is 0 Å². The van der Waals surface area contributed by atoms with Crippen LogP contribution in [0.5, 0.6) is 0 Å². The molecule has 0 radical (unpaired) electrons. The molecule has 0 aliphatic rings. The molecule has 1 aromatic heterocycles. The molecule has 0 fully saturated rings. The Morgan fingerprint density at radius 2 is 2.50 bits per heavy atom. The first-order valence-electron chi connectivity index (χ1n) is 4.88. The van der Waals surface area contributed by atoms with E-state index in [0.29, 0.717) is 6.54 Å². The fourth-order valence-corrected chi connectivity index (χ4v) is 1.53. The summed E-state index contributed by atoms with van der Waals surface area (Å²) in [5.41, 5.74) is 0. The summed E-state index contributed by atoms with van der Waals surface area (Å²) in [6.45, 7) is 4.79. The molecule has 0 aliphatic carbocycles. The van der Waals surface area contributed by atoms with Gasteiger partial charge in [0.15, 0.2) is 5.03 Å². The lowest BCUT2D eigenvalue weighted by atomic mass is 10.4. The number of aliphatic imine (C=N–C) groups is 1. The van der Waals surface area contributed by atoms with Crippen molar-refractivity contribution in [2.45, 2.75) is 24.9 Å².